The molecule has 28 heavy (non-hydrogen) atoms. The lowest BCUT2D eigenvalue weighted by molar-refractivity contribution is -0.137. The second kappa shape index (κ2) is 8.45. The van der Waals surface area contributed by atoms with Crippen LogP contribution in [0.2, 0.25) is 0 Å². The first-order valence-electron chi connectivity index (χ1n) is 9.02. The SMILES string of the molecule is COc1ccc(NC(=O)c2cc(NC3CCCCC3)ncn2)c(C(F)(F)F)c1. The van der Waals surface area contributed by atoms with Crippen LogP contribution in [0.15, 0.2) is 30.6 Å². The summed E-state index contributed by atoms with van der Waals surface area (Å²) in [5, 5.41) is 5.55. The molecule has 0 spiro atoms. The third-order valence-electron chi connectivity index (χ3n) is 4.64. The van der Waals surface area contributed by atoms with Gasteiger partial charge in [-0.05, 0) is 31.0 Å². The van der Waals surface area contributed by atoms with Crippen molar-refractivity contribution in [1.29, 1.82) is 0 Å². The maximum atomic E-state index is 13.3. The number of alkyl halides is 3. The summed E-state index contributed by atoms with van der Waals surface area (Å²) in [7, 11) is 1.27. The molecule has 0 saturated heterocycles. The highest BCUT2D eigenvalue weighted by molar-refractivity contribution is 6.03. The van der Waals surface area contributed by atoms with E-state index in [2.05, 4.69) is 20.6 Å². The Hall–Kier alpha value is -2.84. The third-order valence-corrected chi connectivity index (χ3v) is 4.64. The van der Waals surface area contributed by atoms with Gasteiger partial charge in [0, 0.05) is 12.1 Å². The van der Waals surface area contributed by atoms with Gasteiger partial charge in [-0.2, -0.15) is 13.2 Å². The molecule has 2 N–H and O–H groups in total. The molecule has 0 radical (unpaired) electrons. The standard InChI is InChI=1S/C19H21F3N4O2/c1-28-13-7-8-15(14(9-13)19(20,21)22)26-18(27)16-10-17(24-11-23-16)25-12-5-3-2-4-6-12/h7-12H,2-6H2,1H3,(H,26,27)(H,23,24,25). The number of amides is 1. The zero-order valence-corrected chi connectivity index (χ0v) is 15.3. The summed E-state index contributed by atoms with van der Waals surface area (Å²) in [5.74, 6) is -0.214. The molecule has 1 aromatic carbocycles. The molecule has 0 unspecified atom stereocenters. The number of anilines is 2. The van der Waals surface area contributed by atoms with Crippen molar-refractivity contribution in [3.63, 3.8) is 0 Å². The molecule has 1 amide bonds. The van der Waals surface area contributed by atoms with Gasteiger partial charge in [0.25, 0.3) is 5.91 Å². The van der Waals surface area contributed by atoms with Crippen molar-refractivity contribution >= 4 is 17.4 Å². The Labute approximate surface area is 160 Å². The van der Waals surface area contributed by atoms with Crippen LogP contribution >= 0.6 is 0 Å². The largest absolute Gasteiger partial charge is 0.497 e. The molecule has 1 aromatic heterocycles. The van der Waals surface area contributed by atoms with Crippen LogP contribution in [0, 0.1) is 0 Å². The Morgan fingerprint density at radius 3 is 2.57 bits per heavy atom. The average molecular weight is 394 g/mol. The summed E-state index contributed by atoms with van der Waals surface area (Å²) in [6.45, 7) is 0. The number of nitrogens with zero attached hydrogens (tertiary/aromatic N) is 2. The monoisotopic (exact) mass is 394 g/mol. The summed E-state index contributed by atoms with van der Waals surface area (Å²) < 4.78 is 44.7. The van der Waals surface area contributed by atoms with Crippen LogP contribution in [0.25, 0.3) is 0 Å². The van der Waals surface area contributed by atoms with Crippen molar-refractivity contribution in [2.24, 2.45) is 0 Å². The normalized spacial score (nSPS) is 15.1. The van der Waals surface area contributed by atoms with Gasteiger partial charge in [-0.15, -0.1) is 0 Å². The number of carbonyl (C=O) groups is 1. The highest BCUT2D eigenvalue weighted by atomic mass is 19.4. The number of benzene rings is 1. The summed E-state index contributed by atoms with van der Waals surface area (Å²) in [5.41, 5.74) is -1.37. The molecule has 150 valence electrons. The zero-order valence-electron chi connectivity index (χ0n) is 15.3. The van der Waals surface area contributed by atoms with Gasteiger partial charge >= 0.3 is 6.18 Å². The fourth-order valence-corrected chi connectivity index (χ4v) is 3.20. The van der Waals surface area contributed by atoms with Crippen LogP contribution in [-0.4, -0.2) is 29.0 Å². The van der Waals surface area contributed by atoms with E-state index in [-0.39, 0.29) is 23.2 Å². The van der Waals surface area contributed by atoms with Gasteiger partial charge in [-0.1, -0.05) is 19.3 Å². The molecule has 1 aliphatic carbocycles. The van der Waals surface area contributed by atoms with Crippen molar-refractivity contribution in [2.45, 2.75) is 44.3 Å². The number of nitrogens with one attached hydrogen (secondary N) is 2. The number of halogens is 3. The van der Waals surface area contributed by atoms with E-state index in [4.69, 9.17) is 4.74 Å². The van der Waals surface area contributed by atoms with Crippen LogP contribution in [0.5, 0.6) is 5.75 Å². The second-order valence-corrected chi connectivity index (χ2v) is 6.63. The van der Waals surface area contributed by atoms with E-state index >= 15 is 0 Å². The quantitative estimate of drug-likeness (QED) is 0.781. The van der Waals surface area contributed by atoms with Gasteiger partial charge < -0.3 is 15.4 Å². The van der Waals surface area contributed by atoms with Crippen LogP contribution in [0.1, 0.15) is 48.2 Å². The molecule has 1 heterocycles. The summed E-state index contributed by atoms with van der Waals surface area (Å²) in [6.07, 6.45) is 2.09. The third kappa shape index (κ3) is 4.90. The van der Waals surface area contributed by atoms with E-state index < -0.39 is 17.6 Å². The van der Waals surface area contributed by atoms with Gasteiger partial charge in [0.2, 0.25) is 0 Å². The van der Waals surface area contributed by atoms with Gasteiger partial charge in [0.15, 0.2) is 0 Å². The molecule has 0 bridgehead atoms. The fourth-order valence-electron chi connectivity index (χ4n) is 3.20. The molecule has 0 aliphatic heterocycles. The molecule has 1 aliphatic rings. The first-order chi connectivity index (χ1) is 13.4. The predicted octanol–water partition coefficient (Wildman–Crippen LogP) is 4.50. The van der Waals surface area contributed by atoms with E-state index in [0.29, 0.717) is 5.82 Å². The van der Waals surface area contributed by atoms with Crippen molar-refractivity contribution in [2.75, 3.05) is 17.7 Å². The Bertz CT molecular complexity index is 836. The molecule has 2 aromatic rings. The van der Waals surface area contributed by atoms with Gasteiger partial charge in [0.05, 0.1) is 18.4 Å². The van der Waals surface area contributed by atoms with Crippen molar-refractivity contribution in [3.8, 4) is 5.75 Å². The smallest absolute Gasteiger partial charge is 0.418 e. The summed E-state index contributed by atoms with van der Waals surface area (Å²) in [6, 6.07) is 5.06. The number of hydrogen-bond donors (Lipinski definition) is 2. The molecule has 9 heteroatoms. The maximum absolute atomic E-state index is 13.3. The number of methoxy groups -OCH3 is 1. The minimum Gasteiger partial charge on any atom is -0.497 e. The first-order valence-corrected chi connectivity index (χ1v) is 9.02. The number of ether oxygens (including phenoxy) is 1. The van der Waals surface area contributed by atoms with E-state index in [1.807, 2.05) is 0 Å². The fraction of sp³-hybridized carbons (Fsp3) is 0.421. The molecule has 3 rings (SSSR count). The lowest BCUT2D eigenvalue weighted by Gasteiger charge is -2.23. The van der Waals surface area contributed by atoms with Gasteiger partial charge in [-0.3, -0.25) is 4.79 Å². The maximum Gasteiger partial charge on any atom is 0.418 e. The summed E-state index contributed by atoms with van der Waals surface area (Å²) >= 11 is 0. The molecule has 1 saturated carbocycles. The van der Waals surface area contributed by atoms with Crippen molar-refractivity contribution < 1.29 is 22.7 Å². The number of rotatable bonds is 5. The van der Waals surface area contributed by atoms with Crippen LogP contribution < -0.4 is 15.4 Å². The number of hydrogen-bond acceptors (Lipinski definition) is 5. The molecular weight excluding hydrogens is 373 g/mol. The summed E-state index contributed by atoms with van der Waals surface area (Å²) in [4.78, 5) is 20.5. The number of aromatic nitrogens is 2. The second-order valence-electron chi connectivity index (χ2n) is 6.63. The highest BCUT2D eigenvalue weighted by Crippen LogP contribution is 2.37. The minimum absolute atomic E-state index is 0.0164. The Morgan fingerprint density at radius 1 is 1.14 bits per heavy atom. The molecular formula is C19H21F3N4O2. The van der Waals surface area contributed by atoms with Crippen LogP contribution in [-0.2, 0) is 6.18 Å². The van der Waals surface area contributed by atoms with E-state index in [1.165, 1.54) is 32.0 Å². The van der Waals surface area contributed by atoms with Gasteiger partial charge in [-0.25, -0.2) is 9.97 Å². The molecule has 6 nitrogen and oxygen atoms in total. The lowest BCUT2D eigenvalue weighted by Crippen LogP contribution is -2.23. The predicted molar refractivity (Wildman–Crippen MR) is 98.5 cm³/mol. The van der Waals surface area contributed by atoms with Crippen molar-refractivity contribution in [3.05, 3.63) is 41.9 Å². The Balaban J connectivity index is 1.77. The molecule has 1 fully saturated rings. The Kier molecular flexibility index (Phi) is 6.01. The van der Waals surface area contributed by atoms with E-state index in [1.54, 1.807) is 0 Å². The molecule has 0 atom stereocenters. The highest BCUT2D eigenvalue weighted by Gasteiger charge is 2.34. The van der Waals surface area contributed by atoms with E-state index in [9.17, 15) is 18.0 Å². The van der Waals surface area contributed by atoms with Gasteiger partial charge in [0.1, 0.15) is 23.6 Å². The topological polar surface area (TPSA) is 76.1 Å². The average Bonchev–Trinajstić information content (AvgIpc) is 2.68. The Morgan fingerprint density at radius 2 is 1.89 bits per heavy atom. The van der Waals surface area contributed by atoms with Crippen molar-refractivity contribution in [1.82, 2.24) is 9.97 Å². The van der Waals surface area contributed by atoms with Crippen LogP contribution in [0.3, 0.4) is 0 Å². The lowest BCUT2D eigenvalue weighted by atomic mass is 9.95. The number of carbonyl (C=O) groups excluding carboxylic acids is 1. The minimum atomic E-state index is -4.64. The van der Waals surface area contributed by atoms with Crippen LogP contribution in [0.4, 0.5) is 24.7 Å². The zero-order chi connectivity index (χ0) is 20.1. The van der Waals surface area contributed by atoms with E-state index in [0.717, 1.165) is 37.8 Å². The first kappa shape index (κ1) is 19.9.